The molecule has 0 spiro atoms. The van der Waals surface area contributed by atoms with Crippen molar-refractivity contribution in [2.75, 3.05) is 26.8 Å². The van der Waals surface area contributed by atoms with Gasteiger partial charge in [-0.05, 0) is 68.7 Å². The number of likely N-dealkylation sites (tertiary alicyclic amines) is 1. The molecule has 2 aromatic carbocycles. The van der Waals surface area contributed by atoms with E-state index in [0.717, 1.165) is 16.9 Å². The Balaban J connectivity index is 1.61. The lowest BCUT2D eigenvalue weighted by Gasteiger charge is -2.31. The zero-order valence-corrected chi connectivity index (χ0v) is 20.2. The number of esters is 1. The Hall–Kier alpha value is -3.94. The zero-order valence-electron chi connectivity index (χ0n) is 20.2. The number of methoxy groups -OCH3 is 1. The predicted octanol–water partition coefficient (Wildman–Crippen LogP) is 4.67. The third-order valence-electron chi connectivity index (χ3n) is 5.94. The minimum Gasteiger partial charge on any atom is -0.497 e. The van der Waals surface area contributed by atoms with Gasteiger partial charge in [-0.1, -0.05) is 12.1 Å². The fourth-order valence-electron chi connectivity index (χ4n) is 4.01. The van der Waals surface area contributed by atoms with Crippen molar-refractivity contribution in [1.29, 1.82) is 0 Å². The molecule has 8 heteroatoms. The van der Waals surface area contributed by atoms with Gasteiger partial charge in [0.1, 0.15) is 17.1 Å². The average molecular weight is 476 g/mol. The standard InChI is InChI=1S/C27H29N3O5/c1-4-34-27(32)20-12-14-30(15-13-20)26(31)23-17-28-24(19-8-10-21(33-3)11-9-19)29-25(23)35-22-7-5-6-18(2)16-22/h5-11,16-17,20H,4,12-15H2,1-3H3. The summed E-state index contributed by atoms with van der Waals surface area (Å²) in [5.74, 6) is 1.33. The maximum atomic E-state index is 13.4. The summed E-state index contributed by atoms with van der Waals surface area (Å²) < 4.78 is 16.5. The molecule has 1 aliphatic heterocycles. The van der Waals surface area contributed by atoms with Crippen LogP contribution >= 0.6 is 0 Å². The number of amides is 1. The van der Waals surface area contributed by atoms with E-state index in [1.54, 1.807) is 18.9 Å². The van der Waals surface area contributed by atoms with Gasteiger partial charge in [-0.15, -0.1) is 0 Å². The molecule has 0 saturated carbocycles. The number of carbonyl (C=O) groups excluding carboxylic acids is 2. The van der Waals surface area contributed by atoms with Crippen LogP contribution in [0.15, 0.2) is 54.7 Å². The van der Waals surface area contributed by atoms with Crippen LogP contribution < -0.4 is 9.47 Å². The van der Waals surface area contributed by atoms with E-state index in [-0.39, 0.29) is 29.2 Å². The van der Waals surface area contributed by atoms with E-state index in [9.17, 15) is 9.59 Å². The highest BCUT2D eigenvalue weighted by Gasteiger charge is 2.30. The van der Waals surface area contributed by atoms with Crippen molar-refractivity contribution in [2.45, 2.75) is 26.7 Å². The first kappa shape index (κ1) is 24.2. The third-order valence-corrected chi connectivity index (χ3v) is 5.94. The van der Waals surface area contributed by atoms with Gasteiger partial charge in [0.15, 0.2) is 5.82 Å². The summed E-state index contributed by atoms with van der Waals surface area (Å²) in [7, 11) is 1.61. The van der Waals surface area contributed by atoms with Crippen LogP contribution in [0.2, 0.25) is 0 Å². The lowest BCUT2D eigenvalue weighted by Crippen LogP contribution is -2.40. The molecule has 0 unspecified atom stereocenters. The molecule has 3 aromatic rings. The van der Waals surface area contributed by atoms with E-state index < -0.39 is 0 Å². The number of carbonyl (C=O) groups is 2. The number of hydrogen-bond donors (Lipinski definition) is 0. The Labute approximate surface area is 204 Å². The number of ether oxygens (including phenoxy) is 3. The van der Waals surface area contributed by atoms with Crippen molar-refractivity contribution < 1.29 is 23.8 Å². The highest BCUT2D eigenvalue weighted by atomic mass is 16.5. The molecule has 0 N–H and O–H groups in total. The average Bonchev–Trinajstić information content (AvgIpc) is 2.88. The first-order valence-corrected chi connectivity index (χ1v) is 11.7. The maximum Gasteiger partial charge on any atom is 0.309 e. The van der Waals surface area contributed by atoms with Gasteiger partial charge in [-0.25, -0.2) is 4.98 Å². The fourth-order valence-corrected chi connectivity index (χ4v) is 4.01. The minimum absolute atomic E-state index is 0.185. The normalized spacial score (nSPS) is 13.9. The largest absolute Gasteiger partial charge is 0.497 e. The van der Waals surface area contributed by atoms with Crippen LogP contribution in [0.1, 0.15) is 35.7 Å². The van der Waals surface area contributed by atoms with Gasteiger partial charge in [0.2, 0.25) is 5.88 Å². The summed E-state index contributed by atoms with van der Waals surface area (Å²) in [6, 6.07) is 14.9. The van der Waals surface area contributed by atoms with Crippen molar-refractivity contribution in [3.8, 4) is 28.8 Å². The second kappa shape index (κ2) is 11.0. The van der Waals surface area contributed by atoms with Crippen LogP contribution in [0.4, 0.5) is 0 Å². The van der Waals surface area contributed by atoms with Crippen LogP contribution in [0, 0.1) is 12.8 Å². The lowest BCUT2D eigenvalue weighted by molar-refractivity contribution is -0.149. The molecule has 1 aliphatic rings. The van der Waals surface area contributed by atoms with Gasteiger partial charge in [0, 0.05) is 24.8 Å². The van der Waals surface area contributed by atoms with Crippen LogP contribution in [-0.2, 0) is 9.53 Å². The Bertz CT molecular complexity index is 1190. The Morgan fingerprint density at radius 3 is 2.46 bits per heavy atom. The summed E-state index contributed by atoms with van der Waals surface area (Å²) in [5.41, 5.74) is 2.08. The van der Waals surface area contributed by atoms with Gasteiger partial charge in [-0.2, -0.15) is 4.98 Å². The molecule has 8 nitrogen and oxygen atoms in total. The number of aromatic nitrogens is 2. The fraction of sp³-hybridized carbons (Fsp3) is 0.333. The first-order chi connectivity index (χ1) is 17.0. The predicted molar refractivity (Wildman–Crippen MR) is 131 cm³/mol. The summed E-state index contributed by atoms with van der Waals surface area (Å²) in [5, 5.41) is 0. The molecule has 35 heavy (non-hydrogen) atoms. The number of aryl methyl sites for hydroxylation is 1. The molecule has 182 valence electrons. The molecule has 1 saturated heterocycles. The number of piperidine rings is 1. The second-order valence-electron chi connectivity index (χ2n) is 8.38. The van der Waals surface area contributed by atoms with Crippen molar-refractivity contribution >= 4 is 11.9 Å². The van der Waals surface area contributed by atoms with Gasteiger partial charge >= 0.3 is 5.97 Å². The zero-order chi connectivity index (χ0) is 24.8. The highest BCUT2D eigenvalue weighted by Crippen LogP contribution is 2.29. The first-order valence-electron chi connectivity index (χ1n) is 11.7. The van der Waals surface area contributed by atoms with Gasteiger partial charge in [-0.3, -0.25) is 9.59 Å². The summed E-state index contributed by atoms with van der Waals surface area (Å²) in [4.78, 5) is 36.3. The third kappa shape index (κ3) is 5.77. The van der Waals surface area contributed by atoms with Gasteiger partial charge in [0.25, 0.3) is 5.91 Å². The van der Waals surface area contributed by atoms with E-state index >= 15 is 0 Å². The van der Waals surface area contributed by atoms with E-state index in [2.05, 4.69) is 9.97 Å². The quantitative estimate of drug-likeness (QED) is 0.459. The minimum atomic E-state index is -0.226. The number of hydrogen-bond acceptors (Lipinski definition) is 7. The summed E-state index contributed by atoms with van der Waals surface area (Å²) in [6.07, 6.45) is 2.63. The van der Waals surface area contributed by atoms with Crippen LogP contribution in [0.5, 0.6) is 17.4 Å². The SMILES string of the molecule is CCOC(=O)C1CCN(C(=O)c2cnc(-c3ccc(OC)cc3)nc2Oc2cccc(C)c2)CC1. The van der Waals surface area contributed by atoms with Crippen molar-refractivity contribution in [3.63, 3.8) is 0 Å². The molecule has 1 aromatic heterocycles. The molecule has 0 aliphatic carbocycles. The van der Waals surface area contributed by atoms with Gasteiger partial charge < -0.3 is 19.1 Å². The van der Waals surface area contributed by atoms with Crippen LogP contribution in [0.25, 0.3) is 11.4 Å². The number of rotatable bonds is 7. The van der Waals surface area contributed by atoms with Crippen LogP contribution in [-0.4, -0.2) is 53.6 Å². The molecule has 1 amide bonds. The maximum absolute atomic E-state index is 13.4. The Morgan fingerprint density at radius 1 is 1.06 bits per heavy atom. The molecule has 4 rings (SSSR count). The summed E-state index contributed by atoms with van der Waals surface area (Å²) >= 11 is 0. The Morgan fingerprint density at radius 2 is 1.80 bits per heavy atom. The topological polar surface area (TPSA) is 90.9 Å². The molecule has 1 fully saturated rings. The lowest BCUT2D eigenvalue weighted by atomic mass is 9.96. The summed E-state index contributed by atoms with van der Waals surface area (Å²) in [6.45, 7) is 5.02. The molecule has 0 bridgehead atoms. The molecule has 0 atom stereocenters. The highest BCUT2D eigenvalue weighted by molar-refractivity contribution is 5.96. The van der Waals surface area contributed by atoms with Crippen molar-refractivity contribution in [1.82, 2.24) is 14.9 Å². The van der Waals surface area contributed by atoms with Crippen molar-refractivity contribution in [2.24, 2.45) is 5.92 Å². The van der Waals surface area contributed by atoms with E-state index in [0.29, 0.717) is 44.1 Å². The molecular weight excluding hydrogens is 446 g/mol. The molecular formula is C27H29N3O5. The van der Waals surface area contributed by atoms with Crippen LogP contribution in [0.3, 0.4) is 0 Å². The second-order valence-corrected chi connectivity index (χ2v) is 8.38. The van der Waals surface area contributed by atoms with E-state index in [1.165, 1.54) is 6.20 Å². The monoisotopic (exact) mass is 475 g/mol. The van der Waals surface area contributed by atoms with Gasteiger partial charge in [0.05, 0.1) is 19.6 Å². The molecule has 0 radical (unpaired) electrons. The van der Waals surface area contributed by atoms with E-state index in [4.69, 9.17) is 14.2 Å². The molecule has 2 heterocycles. The van der Waals surface area contributed by atoms with E-state index in [1.807, 2.05) is 55.5 Å². The number of nitrogens with zero attached hydrogens (tertiary/aromatic N) is 3. The number of benzene rings is 2. The van der Waals surface area contributed by atoms with Crippen molar-refractivity contribution in [3.05, 3.63) is 65.9 Å². The smallest absolute Gasteiger partial charge is 0.309 e. The Kier molecular flexibility index (Phi) is 7.60.